The van der Waals surface area contributed by atoms with Crippen molar-refractivity contribution in [2.45, 2.75) is 32.1 Å². The largest absolute Gasteiger partial charge is 0.343 e. The van der Waals surface area contributed by atoms with E-state index in [0.717, 1.165) is 17.8 Å². The van der Waals surface area contributed by atoms with E-state index >= 15 is 0 Å². The number of fused-ring (bicyclic) bond motifs is 1. The van der Waals surface area contributed by atoms with Crippen molar-refractivity contribution in [2.24, 2.45) is 0 Å². The van der Waals surface area contributed by atoms with Crippen LogP contribution in [0.5, 0.6) is 0 Å². The van der Waals surface area contributed by atoms with Crippen LogP contribution in [0.2, 0.25) is 0 Å². The fourth-order valence-corrected chi connectivity index (χ4v) is 4.42. The summed E-state index contributed by atoms with van der Waals surface area (Å²) in [7, 11) is 0. The fourth-order valence-electron chi connectivity index (χ4n) is 4.42. The molecule has 0 amide bonds. The van der Waals surface area contributed by atoms with E-state index in [4.69, 9.17) is 0 Å². The number of rotatable bonds is 3. The lowest BCUT2D eigenvalue weighted by molar-refractivity contribution is -0.116. The van der Waals surface area contributed by atoms with Gasteiger partial charge < -0.3 is 5.32 Å². The summed E-state index contributed by atoms with van der Waals surface area (Å²) in [5.41, 5.74) is 3.96. The number of ketones is 2. The summed E-state index contributed by atoms with van der Waals surface area (Å²) >= 11 is 0. The molecular weight excluding hydrogens is 381 g/mol. The van der Waals surface area contributed by atoms with E-state index in [1.165, 1.54) is 24.3 Å². The Kier molecular flexibility index (Phi) is 4.35. The summed E-state index contributed by atoms with van der Waals surface area (Å²) in [6.07, 6.45) is 1.87. The van der Waals surface area contributed by atoms with E-state index in [1.54, 1.807) is 4.68 Å². The molecular formula is C24H20FN3O2. The number of hydrogen-bond donors (Lipinski definition) is 1. The quantitative estimate of drug-likeness (QED) is 0.645. The number of carbonyl (C=O) groups is 2. The van der Waals surface area contributed by atoms with E-state index in [1.807, 2.05) is 37.3 Å². The minimum absolute atomic E-state index is 0.0123. The molecule has 0 bridgehead atoms. The standard InChI is InChI=1S/C24H20FN3O2/c1-14-20-22(23(30)15-10-12-16(25)13-11-15)21-18(8-5-9-19(21)29)26-24(20)28(27-14)17-6-3-2-4-7-17/h2-4,6-7,10-13,22,26H,5,8-9H2,1H3. The third-order valence-corrected chi connectivity index (χ3v) is 5.80. The first kappa shape index (κ1) is 18.5. The molecule has 1 N–H and O–H groups in total. The summed E-state index contributed by atoms with van der Waals surface area (Å²) in [4.78, 5) is 26.5. The van der Waals surface area contributed by atoms with Crippen LogP contribution < -0.4 is 5.32 Å². The lowest BCUT2D eigenvalue weighted by Gasteiger charge is -2.32. The second-order valence-corrected chi connectivity index (χ2v) is 7.69. The van der Waals surface area contributed by atoms with Crippen LogP contribution >= 0.6 is 0 Å². The highest BCUT2D eigenvalue weighted by atomic mass is 19.1. The Balaban J connectivity index is 1.71. The lowest BCUT2D eigenvalue weighted by Crippen LogP contribution is -2.31. The van der Waals surface area contributed by atoms with Crippen molar-refractivity contribution in [1.82, 2.24) is 9.78 Å². The number of hydrogen-bond acceptors (Lipinski definition) is 4. The monoisotopic (exact) mass is 401 g/mol. The molecule has 2 aliphatic rings. The number of Topliss-reactive ketones (excluding diaryl/α,β-unsaturated/α-hetero) is 2. The molecule has 0 fully saturated rings. The number of aromatic nitrogens is 2. The van der Waals surface area contributed by atoms with Gasteiger partial charge >= 0.3 is 0 Å². The molecule has 0 saturated heterocycles. The van der Waals surface area contributed by atoms with Crippen LogP contribution in [0.4, 0.5) is 10.2 Å². The minimum Gasteiger partial charge on any atom is -0.343 e. The number of nitrogens with zero attached hydrogens (tertiary/aromatic N) is 2. The molecule has 1 aliphatic carbocycles. The molecule has 0 saturated carbocycles. The van der Waals surface area contributed by atoms with Crippen LogP contribution in [-0.4, -0.2) is 21.3 Å². The Hall–Kier alpha value is -3.54. The maximum atomic E-state index is 13.6. The zero-order valence-electron chi connectivity index (χ0n) is 16.5. The van der Waals surface area contributed by atoms with Gasteiger partial charge in [-0.25, -0.2) is 9.07 Å². The Morgan fingerprint density at radius 1 is 1.10 bits per heavy atom. The topological polar surface area (TPSA) is 64.0 Å². The number of nitrogens with one attached hydrogen (secondary N) is 1. The first-order valence-electron chi connectivity index (χ1n) is 10.0. The number of allylic oxidation sites excluding steroid dienone is 2. The Morgan fingerprint density at radius 2 is 1.83 bits per heavy atom. The van der Waals surface area contributed by atoms with Crippen LogP contribution in [0.15, 0.2) is 65.9 Å². The van der Waals surface area contributed by atoms with Crippen LogP contribution in [0.3, 0.4) is 0 Å². The summed E-state index contributed by atoms with van der Waals surface area (Å²) in [5.74, 6) is -0.656. The number of halogens is 1. The second kappa shape index (κ2) is 7.06. The van der Waals surface area contributed by atoms with Gasteiger partial charge in [0.2, 0.25) is 0 Å². The molecule has 1 aliphatic heterocycles. The van der Waals surface area contributed by atoms with Crippen LogP contribution in [0, 0.1) is 12.7 Å². The van der Waals surface area contributed by atoms with Gasteiger partial charge in [0.1, 0.15) is 11.6 Å². The first-order chi connectivity index (χ1) is 14.5. The molecule has 5 rings (SSSR count). The molecule has 2 heterocycles. The molecule has 150 valence electrons. The molecule has 5 nitrogen and oxygen atoms in total. The normalized spacial score (nSPS) is 17.9. The van der Waals surface area contributed by atoms with Crippen molar-refractivity contribution in [3.8, 4) is 5.69 Å². The molecule has 0 spiro atoms. The Morgan fingerprint density at radius 3 is 2.57 bits per heavy atom. The smallest absolute Gasteiger partial charge is 0.175 e. The van der Waals surface area contributed by atoms with Gasteiger partial charge in [-0.05, 0) is 56.2 Å². The highest BCUT2D eigenvalue weighted by Gasteiger charge is 2.41. The Labute approximate surface area is 173 Å². The van der Waals surface area contributed by atoms with Crippen molar-refractivity contribution in [3.63, 3.8) is 0 Å². The summed E-state index contributed by atoms with van der Waals surface area (Å²) in [6.45, 7) is 1.85. The molecule has 1 unspecified atom stereocenters. The van der Waals surface area contributed by atoms with Crippen molar-refractivity contribution < 1.29 is 14.0 Å². The maximum absolute atomic E-state index is 13.6. The second-order valence-electron chi connectivity index (χ2n) is 7.69. The lowest BCUT2D eigenvalue weighted by atomic mass is 9.76. The third-order valence-electron chi connectivity index (χ3n) is 5.80. The zero-order valence-corrected chi connectivity index (χ0v) is 16.5. The van der Waals surface area contributed by atoms with Crippen LogP contribution in [-0.2, 0) is 4.79 Å². The number of aryl methyl sites for hydroxylation is 1. The van der Waals surface area contributed by atoms with Crippen LogP contribution in [0.1, 0.15) is 46.8 Å². The molecule has 2 aromatic carbocycles. The summed E-state index contributed by atoms with van der Waals surface area (Å²) < 4.78 is 15.2. The highest BCUT2D eigenvalue weighted by Crippen LogP contribution is 2.45. The third kappa shape index (κ3) is 2.87. The number of para-hydroxylation sites is 1. The zero-order chi connectivity index (χ0) is 20.8. The van der Waals surface area contributed by atoms with Crippen molar-refractivity contribution in [3.05, 3.63) is 88.5 Å². The van der Waals surface area contributed by atoms with Gasteiger partial charge in [-0.1, -0.05) is 18.2 Å². The predicted molar refractivity (Wildman–Crippen MR) is 111 cm³/mol. The van der Waals surface area contributed by atoms with E-state index in [2.05, 4.69) is 10.4 Å². The van der Waals surface area contributed by atoms with E-state index in [-0.39, 0.29) is 11.6 Å². The first-order valence-corrected chi connectivity index (χ1v) is 10.0. The van der Waals surface area contributed by atoms with E-state index in [0.29, 0.717) is 41.1 Å². The van der Waals surface area contributed by atoms with Crippen LogP contribution in [0.25, 0.3) is 5.69 Å². The molecule has 1 aromatic heterocycles. The van der Waals surface area contributed by atoms with Gasteiger partial charge in [0.15, 0.2) is 11.6 Å². The van der Waals surface area contributed by atoms with Crippen molar-refractivity contribution in [2.75, 3.05) is 5.32 Å². The van der Waals surface area contributed by atoms with Gasteiger partial charge in [0.25, 0.3) is 0 Å². The molecule has 6 heteroatoms. The average molecular weight is 401 g/mol. The van der Waals surface area contributed by atoms with Crippen molar-refractivity contribution in [1.29, 1.82) is 0 Å². The summed E-state index contributed by atoms with van der Waals surface area (Å²) in [6, 6.07) is 15.2. The van der Waals surface area contributed by atoms with Gasteiger partial charge in [-0.15, -0.1) is 0 Å². The number of anilines is 1. The van der Waals surface area contributed by atoms with Gasteiger partial charge in [0.05, 0.1) is 17.3 Å². The SMILES string of the molecule is Cc1nn(-c2ccccc2)c2c1C(C(=O)c1ccc(F)cc1)C1=C(CCCC1=O)N2. The van der Waals surface area contributed by atoms with Gasteiger partial charge in [-0.2, -0.15) is 5.10 Å². The van der Waals surface area contributed by atoms with Gasteiger partial charge in [-0.3, -0.25) is 9.59 Å². The van der Waals surface area contributed by atoms with E-state index < -0.39 is 11.7 Å². The predicted octanol–water partition coefficient (Wildman–Crippen LogP) is 4.72. The fraction of sp³-hybridized carbons (Fsp3) is 0.208. The molecule has 3 aromatic rings. The van der Waals surface area contributed by atoms with Gasteiger partial charge in [0, 0.05) is 28.8 Å². The average Bonchev–Trinajstić information content (AvgIpc) is 3.09. The maximum Gasteiger partial charge on any atom is 0.175 e. The molecule has 30 heavy (non-hydrogen) atoms. The number of benzene rings is 2. The van der Waals surface area contributed by atoms with E-state index in [9.17, 15) is 14.0 Å². The minimum atomic E-state index is -0.744. The number of carbonyl (C=O) groups excluding carboxylic acids is 2. The Bertz CT molecular complexity index is 1190. The highest BCUT2D eigenvalue weighted by molar-refractivity contribution is 6.13. The molecule has 0 radical (unpaired) electrons. The molecule has 1 atom stereocenters. The van der Waals surface area contributed by atoms with Crippen molar-refractivity contribution >= 4 is 17.4 Å². The summed E-state index contributed by atoms with van der Waals surface area (Å²) in [5, 5.41) is 8.10.